The Bertz CT molecular complexity index is 644. The first-order chi connectivity index (χ1) is 9.40. The smallest absolute Gasteiger partial charge is 0.142 e. The van der Waals surface area contributed by atoms with Gasteiger partial charge in [0.15, 0.2) is 0 Å². The molecule has 0 saturated heterocycles. The molecule has 0 spiro atoms. The van der Waals surface area contributed by atoms with Crippen molar-refractivity contribution in [3.8, 4) is 0 Å². The minimum Gasteiger partial charge on any atom is -0.378 e. The SMILES string of the molecule is Cc1cc(NC(C)c2c(Cl)ccc(F)c2Cl)ccc1F. The zero-order chi connectivity index (χ0) is 14.9. The average Bonchev–Trinajstić information content (AvgIpc) is 2.39. The van der Waals surface area contributed by atoms with E-state index in [2.05, 4.69) is 5.32 Å². The number of aryl methyl sites for hydroxylation is 1. The molecule has 0 heterocycles. The highest BCUT2D eigenvalue weighted by Crippen LogP contribution is 2.34. The Kier molecular flexibility index (Phi) is 4.51. The number of anilines is 1. The second-order valence-electron chi connectivity index (χ2n) is 4.59. The van der Waals surface area contributed by atoms with Gasteiger partial charge >= 0.3 is 0 Å². The highest BCUT2D eigenvalue weighted by molar-refractivity contribution is 6.36. The zero-order valence-electron chi connectivity index (χ0n) is 11.0. The third-order valence-corrected chi connectivity index (χ3v) is 3.77. The first kappa shape index (κ1) is 15.1. The third kappa shape index (κ3) is 3.05. The molecule has 1 nitrogen and oxygen atoms in total. The van der Waals surface area contributed by atoms with E-state index in [0.717, 1.165) is 0 Å². The van der Waals surface area contributed by atoms with E-state index in [1.54, 1.807) is 19.1 Å². The first-order valence-corrected chi connectivity index (χ1v) is 6.82. The molecule has 1 atom stereocenters. The van der Waals surface area contributed by atoms with E-state index < -0.39 is 5.82 Å². The summed E-state index contributed by atoms with van der Waals surface area (Å²) in [6, 6.07) is 7.04. The van der Waals surface area contributed by atoms with Gasteiger partial charge in [0.2, 0.25) is 0 Å². The van der Waals surface area contributed by atoms with Crippen LogP contribution in [0.2, 0.25) is 10.0 Å². The summed E-state index contributed by atoms with van der Waals surface area (Å²) < 4.78 is 26.7. The molecular formula is C15H13Cl2F2N. The fourth-order valence-corrected chi connectivity index (χ4v) is 2.69. The Balaban J connectivity index is 2.30. The van der Waals surface area contributed by atoms with Crippen LogP contribution in [0.3, 0.4) is 0 Å². The molecule has 0 aliphatic heterocycles. The minimum absolute atomic E-state index is 0.00339. The van der Waals surface area contributed by atoms with E-state index in [-0.39, 0.29) is 16.9 Å². The van der Waals surface area contributed by atoms with Crippen LogP contribution in [0, 0.1) is 18.6 Å². The maximum atomic E-state index is 13.5. The summed E-state index contributed by atoms with van der Waals surface area (Å²) >= 11 is 12.0. The molecule has 2 aromatic rings. The van der Waals surface area contributed by atoms with Crippen LogP contribution in [-0.2, 0) is 0 Å². The van der Waals surface area contributed by atoms with E-state index in [0.29, 0.717) is 21.8 Å². The Hall–Kier alpha value is -1.32. The van der Waals surface area contributed by atoms with E-state index in [1.165, 1.54) is 18.2 Å². The lowest BCUT2D eigenvalue weighted by Crippen LogP contribution is -2.09. The Morgan fingerprint density at radius 2 is 1.70 bits per heavy atom. The molecule has 0 aliphatic rings. The monoisotopic (exact) mass is 315 g/mol. The summed E-state index contributed by atoms with van der Waals surface area (Å²) in [5.74, 6) is -0.792. The molecule has 0 fully saturated rings. The second kappa shape index (κ2) is 5.98. The van der Waals surface area contributed by atoms with Crippen molar-refractivity contribution in [2.24, 2.45) is 0 Å². The van der Waals surface area contributed by atoms with Crippen molar-refractivity contribution in [2.45, 2.75) is 19.9 Å². The summed E-state index contributed by atoms with van der Waals surface area (Å²) in [6.07, 6.45) is 0. The van der Waals surface area contributed by atoms with Crippen molar-refractivity contribution in [3.63, 3.8) is 0 Å². The summed E-state index contributed by atoms with van der Waals surface area (Å²) in [4.78, 5) is 0. The molecule has 0 amide bonds. The lowest BCUT2D eigenvalue weighted by atomic mass is 10.1. The standard InChI is InChI=1S/C15H13Cl2F2N/c1-8-7-10(3-5-12(8)18)20-9(2)14-11(16)4-6-13(19)15(14)17/h3-7,9,20H,1-2H3. The summed E-state index contributed by atoms with van der Waals surface area (Å²) in [6.45, 7) is 3.48. The lowest BCUT2D eigenvalue weighted by Gasteiger charge is -2.19. The predicted octanol–water partition coefficient (Wildman–Crippen LogP) is 5.75. The number of rotatable bonds is 3. The Morgan fingerprint density at radius 1 is 1.05 bits per heavy atom. The topological polar surface area (TPSA) is 12.0 Å². The number of halogens is 4. The molecular weight excluding hydrogens is 303 g/mol. The second-order valence-corrected chi connectivity index (χ2v) is 5.37. The summed E-state index contributed by atoms with van der Waals surface area (Å²) in [5, 5.41) is 3.51. The van der Waals surface area contributed by atoms with Crippen molar-refractivity contribution in [1.82, 2.24) is 0 Å². The van der Waals surface area contributed by atoms with Gasteiger partial charge in [-0.1, -0.05) is 23.2 Å². The van der Waals surface area contributed by atoms with Gasteiger partial charge in [-0.3, -0.25) is 0 Å². The first-order valence-electron chi connectivity index (χ1n) is 6.06. The number of hydrogen-bond acceptors (Lipinski definition) is 1. The molecule has 0 aromatic heterocycles. The summed E-state index contributed by atoms with van der Waals surface area (Å²) in [7, 11) is 0. The lowest BCUT2D eigenvalue weighted by molar-refractivity contribution is 0.618. The van der Waals surface area contributed by atoms with Crippen LogP contribution in [0.15, 0.2) is 30.3 Å². The van der Waals surface area contributed by atoms with Gasteiger partial charge in [0.1, 0.15) is 11.6 Å². The Labute approximate surface area is 126 Å². The predicted molar refractivity (Wildman–Crippen MR) is 79.6 cm³/mol. The molecule has 20 heavy (non-hydrogen) atoms. The van der Waals surface area contributed by atoms with Gasteiger partial charge in [0.25, 0.3) is 0 Å². The maximum Gasteiger partial charge on any atom is 0.142 e. The molecule has 2 rings (SSSR count). The van der Waals surface area contributed by atoms with Crippen LogP contribution in [0.4, 0.5) is 14.5 Å². The van der Waals surface area contributed by atoms with E-state index >= 15 is 0 Å². The van der Waals surface area contributed by atoms with Crippen molar-refractivity contribution < 1.29 is 8.78 Å². The molecule has 0 bridgehead atoms. The maximum absolute atomic E-state index is 13.5. The largest absolute Gasteiger partial charge is 0.378 e. The Morgan fingerprint density at radius 3 is 2.35 bits per heavy atom. The van der Waals surface area contributed by atoms with Gasteiger partial charge in [-0.15, -0.1) is 0 Å². The van der Waals surface area contributed by atoms with Crippen LogP contribution in [-0.4, -0.2) is 0 Å². The highest BCUT2D eigenvalue weighted by atomic mass is 35.5. The molecule has 0 aliphatic carbocycles. The van der Waals surface area contributed by atoms with Crippen LogP contribution < -0.4 is 5.32 Å². The number of hydrogen-bond donors (Lipinski definition) is 1. The molecule has 0 radical (unpaired) electrons. The fraction of sp³-hybridized carbons (Fsp3) is 0.200. The molecule has 2 aromatic carbocycles. The molecule has 106 valence electrons. The van der Waals surface area contributed by atoms with Gasteiger partial charge in [-0.25, -0.2) is 8.78 Å². The van der Waals surface area contributed by atoms with Crippen molar-refractivity contribution in [3.05, 3.63) is 63.1 Å². The quantitative estimate of drug-likeness (QED) is 0.711. The highest BCUT2D eigenvalue weighted by Gasteiger charge is 2.17. The fourth-order valence-electron chi connectivity index (χ4n) is 2.00. The van der Waals surface area contributed by atoms with Gasteiger partial charge in [0.05, 0.1) is 11.1 Å². The van der Waals surface area contributed by atoms with E-state index in [4.69, 9.17) is 23.2 Å². The van der Waals surface area contributed by atoms with Crippen LogP contribution in [0.25, 0.3) is 0 Å². The van der Waals surface area contributed by atoms with Crippen LogP contribution in [0.5, 0.6) is 0 Å². The molecule has 1 N–H and O–H groups in total. The van der Waals surface area contributed by atoms with Crippen molar-refractivity contribution in [2.75, 3.05) is 5.32 Å². The molecule has 5 heteroatoms. The zero-order valence-corrected chi connectivity index (χ0v) is 12.5. The number of nitrogens with one attached hydrogen (secondary N) is 1. The normalized spacial score (nSPS) is 12.3. The molecule has 0 saturated carbocycles. The van der Waals surface area contributed by atoms with E-state index in [9.17, 15) is 8.78 Å². The van der Waals surface area contributed by atoms with Crippen LogP contribution in [0.1, 0.15) is 24.1 Å². The van der Waals surface area contributed by atoms with Gasteiger partial charge in [-0.05, 0) is 49.7 Å². The molecule has 1 unspecified atom stereocenters. The minimum atomic E-state index is -0.519. The van der Waals surface area contributed by atoms with Crippen molar-refractivity contribution >= 4 is 28.9 Å². The number of benzene rings is 2. The third-order valence-electron chi connectivity index (χ3n) is 3.05. The summed E-state index contributed by atoms with van der Waals surface area (Å²) in [5.41, 5.74) is 1.72. The van der Waals surface area contributed by atoms with Crippen LogP contribution >= 0.6 is 23.2 Å². The van der Waals surface area contributed by atoms with E-state index in [1.807, 2.05) is 6.92 Å². The van der Waals surface area contributed by atoms with Crippen molar-refractivity contribution in [1.29, 1.82) is 0 Å². The van der Waals surface area contributed by atoms with Gasteiger partial charge in [0, 0.05) is 16.3 Å². The van der Waals surface area contributed by atoms with Gasteiger partial charge in [-0.2, -0.15) is 0 Å². The average molecular weight is 316 g/mol. The van der Waals surface area contributed by atoms with Gasteiger partial charge < -0.3 is 5.32 Å².